The predicted octanol–water partition coefficient (Wildman–Crippen LogP) is 0.664. The summed E-state index contributed by atoms with van der Waals surface area (Å²) in [5.41, 5.74) is -0.384. The van der Waals surface area contributed by atoms with Crippen molar-refractivity contribution in [2.24, 2.45) is 5.41 Å². The summed E-state index contributed by atoms with van der Waals surface area (Å²) in [6.45, 7) is 2.76. The number of rotatable bonds is 3. The average molecular weight is 250 g/mol. The predicted molar refractivity (Wildman–Crippen MR) is 64.8 cm³/mol. The molecule has 3 heterocycles. The number of amides is 1. The van der Waals surface area contributed by atoms with Crippen LogP contribution in [0.3, 0.4) is 0 Å². The maximum atomic E-state index is 12.4. The Bertz CT molecular complexity index is 418. The Balaban J connectivity index is 1.66. The molecule has 0 bridgehead atoms. The first-order chi connectivity index (χ1) is 8.81. The van der Waals surface area contributed by atoms with Crippen LogP contribution in [0.1, 0.15) is 18.6 Å². The van der Waals surface area contributed by atoms with E-state index in [2.05, 4.69) is 10.6 Å². The van der Waals surface area contributed by atoms with Gasteiger partial charge in [-0.3, -0.25) is 4.79 Å². The Hall–Kier alpha value is -1.33. The molecule has 0 spiro atoms. The van der Waals surface area contributed by atoms with Crippen molar-refractivity contribution in [2.45, 2.75) is 25.5 Å². The molecule has 0 aliphatic carbocycles. The number of hydrogen-bond acceptors (Lipinski definition) is 4. The fourth-order valence-electron chi connectivity index (χ4n) is 2.91. The second-order valence-corrected chi connectivity index (χ2v) is 4.99. The highest BCUT2D eigenvalue weighted by atomic mass is 16.5. The van der Waals surface area contributed by atoms with Gasteiger partial charge in [0.2, 0.25) is 5.91 Å². The lowest BCUT2D eigenvalue weighted by atomic mass is 9.76. The van der Waals surface area contributed by atoms with E-state index in [1.54, 1.807) is 6.26 Å². The van der Waals surface area contributed by atoms with E-state index in [1.807, 2.05) is 12.1 Å². The van der Waals surface area contributed by atoms with Gasteiger partial charge in [0.05, 0.1) is 24.3 Å². The third-order valence-electron chi connectivity index (χ3n) is 3.96. The third-order valence-corrected chi connectivity index (χ3v) is 3.96. The van der Waals surface area contributed by atoms with Crippen LogP contribution in [0.25, 0.3) is 0 Å². The van der Waals surface area contributed by atoms with Crippen molar-refractivity contribution in [3.63, 3.8) is 0 Å². The summed E-state index contributed by atoms with van der Waals surface area (Å²) in [4.78, 5) is 12.4. The van der Waals surface area contributed by atoms with Gasteiger partial charge >= 0.3 is 0 Å². The van der Waals surface area contributed by atoms with E-state index in [1.165, 1.54) is 0 Å². The summed E-state index contributed by atoms with van der Waals surface area (Å²) in [6, 6.07) is 3.68. The fraction of sp³-hybridized carbons (Fsp3) is 0.615. The van der Waals surface area contributed by atoms with E-state index in [0.29, 0.717) is 19.7 Å². The van der Waals surface area contributed by atoms with Gasteiger partial charge in [0, 0.05) is 13.2 Å². The first kappa shape index (κ1) is 11.7. The van der Waals surface area contributed by atoms with Gasteiger partial charge in [-0.15, -0.1) is 0 Å². The highest BCUT2D eigenvalue weighted by molar-refractivity contribution is 5.84. The number of fused-ring (bicyclic) bond motifs is 1. The largest absolute Gasteiger partial charge is 0.467 e. The fourth-order valence-corrected chi connectivity index (χ4v) is 2.91. The first-order valence-electron chi connectivity index (χ1n) is 6.44. The van der Waals surface area contributed by atoms with Crippen LogP contribution in [0, 0.1) is 5.41 Å². The second kappa shape index (κ2) is 4.74. The van der Waals surface area contributed by atoms with Gasteiger partial charge in [-0.05, 0) is 31.5 Å². The van der Waals surface area contributed by atoms with Gasteiger partial charge in [-0.2, -0.15) is 0 Å². The summed E-state index contributed by atoms with van der Waals surface area (Å²) in [7, 11) is 0. The number of nitrogens with one attached hydrogen (secondary N) is 2. The molecule has 5 nitrogen and oxygen atoms in total. The molecule has 1 aromatic rings. The summed E-state index contributed by atoms with van der Waals surface area (Å²) in [5, 5.41) is 6.27. The van der Waals surface area contributed by atoms with E-state index in [-0.39, 0.29) is 17.4 Å². The van der Waals surface area contributed by atoms with Gasteiger partial charge in [-0.1, -0.05) is 0 Å². The van der Waals surface area contributed by atoms with Crippen molar-refractivity contribution in [3.8, 4) is 0 Å². The molecular weight excluding hydrogens is 232 g/mol. The van der Waals surface area contributed by atoms with Crippen molar-refractivity contribution in [3.05, 3.63) is 24.2 Å². The van der Waals surface area contributed by atoms with Gasteiger partial charge in [0.1, 0.15) is 5.76 Å². The molecule has 2 aliphatic rings. The zero-order chi connectivity index (χ0) is 12.4. The van der Waals surface area contributed by atoms with Gasteiger partial charge < -0.3 is 19.8 Å². The number of piperidine rings is 1. The molecular formula is C13H18N2O3. The molecule has 2 saturated heterocycles. The van der Waals surface area contributed by atoms with Crippen LogP contribution >= 0.6 is 0 Å². The van der Waals surface area contributed by atoms with Gasteiger partial charge in [0.15, 0.2) is 0 Å². The Morgan fingerprint density at radius 2 is 2.56 bits per heavy atom. The zero-order valence-electron chi connectivity index (χ0n) is 10.3. The molecule has 2 aliphatic heterocycles. The number of carbonyl (C=O) groups is 1. The van der Waals surface area contributed by atoms with E-state index in [9.17, 15) is 4.79 Å². The minimum Gasteiger partial charge on any atom is -0.467 e. The SMILES string of the molecule is O=C(NCc1ccco1)[C@@]12CCO[C@@H]1CCNC2. The Kier molecular flexibility index (Phi) is 3.09. The van der Waals surface area contributed by atoms with Gasteiger partial charge in [-0.25, -0.2) is 0 Å². The van der Waals surface area contributed by atoms with Crippen molar-refractivity contribution < 1.29 is 13.9 Å². The summed E-state index contributed by atoms with van der Waals surface area (Å²) < 4.78 is 10.9. The van der Waals surface area contributed by atoms with Crippen LogP contribution in [0.4, 0.5) is 0 Å². The van der Waals surface area contributed by atoms with Crippen LogP contribution in [-0.4, -0.2) is 31.7 Å². The average Bonchev–Trinajstić information content (AvgIpc) is 3.05. The maximum Gasteiger partial charge on any atom is 0.230 e. The third kappa shape index (κ3) is 1.93. The Labute approximate surface area is 106 Å². The highest BCUT2D eigenvalue weighted by Crippen LogP contribution is 2.38. The zero-order valence-corrected chi connectivity index (χ0v) is 10.3. The molecule has 3 rings (SSSR count). The monoisotopic (exact) mass is 250 g/mol. The maximum absolute atomic E-state index is 12.4. The number of ether oxygens (including phenoxy) is 1. The number of furan rings is 1. The molecule has 2 N–H and O–H groups in total. The van der Waals surface area contributed by atoms with Gasteiger partial charge in [0.25, 0.3) is 0 Å². The molecule has 0 radical (unpaired) electrons. The lowest BCUT2D eigenvalue weighted by Crippen LogP contribution is -2.55. The summed E-state index contributed by atoms with van der Waals surface area (Å²) >= 11 is 0. The lowest BCUT2D eigenvalue weighted by molar-refractivity contribution is -0.135. The molecule has 1 amide bonds. The smallest absolute Gasteiger partial charge is 0.230 e. The standard InChI is InChI=1S/C13H18N2O3/c16-12(15-8-10-2-1-6-17-10)13-4-7-18-11(13)3-5-14-9-13/h1-2,6,11,14H,3-5,7-9H2,(H,15,16)/t11-,13-/m1/s1. The minimum absolute atomic E-state index is 0.0651. The second-order valence-electron chi connectivity index (χ2n) is 4.99. The first-order valence-corrected chi connectivity index (χ1v) is 6.44. The van der Waals surface area contributed by atoms with Crippen LogP contribution in [0.2, 0.25) is 0 Å². The number of hydrogen-bond donors (Lipinski definition) is 2. The van der Waals surface area contributed by atoms with Crippen LogP contribution < -0.4 is 10.6 Å². The Morgan fingerprint density at radius 1 is 1.61 bits per heavy atom. The van der Waals surface area contributed by atoms with Crippen LogP contribution in [0.5, 0.6) is 0 Å². The van der Waals surface area contributed by atoms with Crippen LogP contribution in [-0.2, 0) is 16.1 Å². The summed E-state index contributed by atoms with van der Waals surface area (Å²) in [6.07, 6.45) is 3.39. The van der Waals surface area contributed by atoms with Crippen molar-refractivity contribution in [1.29, 1.82) is 0 Å². The molecule has 18 heavy (non-hydrogen) atoms. The molecule has 98 valence electrons. The highest BCUT2D eigenvalue weighted by Gasteiger charge is 2.51. The Morgan fingerprint density at radius 3 is 3.39 bits per heavy atom. The minimum atomic E-state index is -0.384. The topological polar surface area (TPSA) is 63.5 Å². The van der Waals surface area contributed by atoms with Crippen molar-refractivity contribution in [2.75, 3.05) is 19.7 Å². The van der Waals surface area contributed by atoms with E-state index >= 15 is 0 Å². The van der Waals surface area contributed by atoms with Crippen molar-refractivity contribution >= 4 is 5.91 Å². The van der Waals surface area contributed by atoms with E-state index in [0.717, 1.165) is 25.1 Å². The van der Waals surface area contributed by atoms with E-state index < -0.39 is 0 Å². The lowest BCUT2D eigenvalue weighted by Gasteiger charge is -2.36. The molecule has 0 unspecified atom stereocenters. The quantitative estimate of drug-likeness (QED) is 0.827. The summed E-state index contributed by atoms with van der Waals surface area (Å²) in [5.74, 6) is 0.854. The molecule has 0 saturated carbocycles. The molecule has 2 atom stereocenters. The van der Waals surface area contributed by atoms with Crippen LogP contribution in [0.15, 0.2) is 22.8 Å². The molecule has 2 fully saturated rings. The van der Waals surface area contributed by atoms with Crippen molar-refractivity contribution in [1.82, 2.24) is 10.6 Å². The van der Waals surface area contributed by atoms with E-state index in [4.69, 9.17) is 9.15 Å². The number of carbonyl (C=O) groups excluding carboxylic acids is 1. The molecule has 5 heteroatoms. The molecule has 0 aromatic carbocycles. The molecule has 1 aromatic heterocycles. The normalized spacial score (nSPS) is 31.0.